The number of ether oxygens (including phenoxy) is 13. The molecule has 2 fully saturated rings. The van der Waals surface area contributed by atoms with Crippen molar-refractivity contribution in [3.05, 3.63) is 337 Å². The number of rotatable bonds is 26. The van der Waals surface area contributed by atoms with E-state index >= 15 is 70.7 Å². The van der Waals surface area contributed by atoms with Crippen molar-refractivity contribution in [2.75, 3.05) is 26.4 Å². The molecule has 11 atom stereocenters. The Labute approximate surface area is 698 Å². The molecular formula is C85H50F19NO22. The van der Waals surface area contributed by atoms with E-state index in [0.717, 1.165) is 0 Å². The minimum atomic E-state index is -3.40. The lowest BCUT2D eigenvalue weighted by Crippen LogP contribution is -2.67. The maximum absolute atomic E-state index is 16.3. The molecule has 1 N–H and O–H groups in total. The van der Waals surface area contributed by atoms with Crippen molar-refractivity contribution < 1.29 is 188 Å². The average Bonchev–Trinajstić information content (AvgIpc) is 1.06. The molecule has 1 amide bonds. The topological polar surface area (TPSA) is 286 Å². The van der Waals surface area contributed by atoms with Crippen molar-refractivity contribution in [3.63, 3.8) is 0 Å². The zero-order valence-electron chi connectivity index (χ0n) is 63.2. The molecule has 0 saturated carbocycles. The lowest BCUT2D eigenvalue weighted by atomic mass is 9.95. The standard InChI is InChI=1S/C85H50F19NO22/c86-34-9-16-53(93)45(23-34)75(106)115-32-61-68(121-77(108)47-25-36(88)11-18-55(47)95)71(123-78(109)48-26-37(89)12-19-56(48)96)74(126-81(112)51-29-40(92)15-22-59(51)99)84(120-61)127-69-62(33-116-76(107)46-24-35(87)10-17-54(46)94)119-83(73(125-80(111)50-28-39(91)14-21-58(50)98)72(69)124-79(110)49-27-38(90)13-20-57(49)97)117-31-60(82(113)122-70-66(103)64(101)63(100)65(102)67(70)104)105-85(114)118-30-52-43-7-3-1-5-41(43)42-6-2-4-8-44(42)52/h1-29,52,60-62,68-69,71-74,83-84H,30-33H2,(H,105,114)/t60-,61+,62+,68-,69+,71-,72-,73+,74+,83+,84-/m0/s1. The fraction of sp³-hybridized carbons (Fsp3) is 0.188. The predicted octanol–water partition coefficient (Wildman–Crippen LogP) is 14.8. The van der Waals surface area contributed by atoms with Crippen LogP contribution in [-0.4, -0.2) is 148 Å². The zero-order valence-corrected chi connectivity index (χ0v) is 63.2. The van der Waals surface area contributed by atoms with Gasteiger partial charge in [0, 0.05) is 5.92 Å². The van der Waals surface area contributed by atoms with Crippen LogP contribution in [0.1, 0.15) is 89.6 Å². The van der Waals surface area contributed by atoms with E-state index < -0.39 is 309 Å². The molecule has 0 spiro atoms. The van der Waals surface area contributed by atoms with Gasteiger partial charge >= 0.3 is 53.8 Å². The number of esters is 8. The highest BCUT2D eigenvalue weighted by Gasteiger charge is 2.59. The number of fused-ring (bicyclic) bond motifs is 3. The summed E-state index contributed by atoms with van der Waals surface area (Å²) >= 11 is 0. The SMILES string of the molecule is O=C(N[C@@H](CO[C@@H]1O[C@H](COC(=O)c2cc(F)ccc2F)[C@@H](O[C@@H]2O[C@H](COC(=O)c3cc(F)ccc3F)[C@H](OC(=O)c3cc(F)ccc3F)[C@H](OC(=O)c3cc(F)ccc3F)[C@H]2OC(=O)c2cc(F)ccc2F)[C@H](OC(=O)c2cc(F)ccc2F)[C@H]1OC(=O)c1cc(F)ccc1F)C(=O)Oc1c(F)c(F)c(F)c(F)c1F)OCC1c2ccccc2-c2ccccc21. The van der Waals surface area contributed by atoms with Crippen LogP contribution < -0.4 is 10.1 Å². The molecule has 13 rings (SSSR count). The quantitative estimate of drug-likeness (QED) is 0.0132. The van der Waals surface area contributed by atoms with Crippen molar-refractivity contribution >= 4 is 53.8 Å². The summed E-state index contributed by atoms with van der Waals surface area (Å²) in [6, 6.07) is 15.6. The molecule has 42 heteroatoms. The molecule has 0 unspecified atom stereocenters. The Bertz CT molecular complexity index is 5960. The minimum absolute atomic E-state index is 0.0525. The number of halogens is 19. The number of hydrogen-bond donors (Lipinski definition) is 1. The van der Waals surface area contributed by atoms with E-state index in [0.29, 0.717) is 82.9 Å². The number of nitrogens with one attached hydrogen (secondary N) is 1. The molecule has 1 aliphatic carbocycles. The summed E-state index contributed by atoms with van der Waals surface area (Å²) in [6.07, 6.45) is -34.0. The number of carbonyl (C=O) groups is 9. The van der Waals surface area contributed by atoms with E-state index in [4.69, 9.17) is 56.8 Å². The fourth-order valence-corrected chi connectivity index (χ4v) is 13.2. The number of carbonyl (C=O) groups excluding carboxylic acids is 9. The Morgan fingerprint density at radius 2 is 0.614 bits per heavy atom. The predicted molar refractivity (Wildman–Crippen MR) is 383 cm³/mol. The van der Waals surface area contributed by atoms with Gasteiger partial charge in [0.1, 0.15) is 120 Å². The van der Waals surface area contributed by atoms with E-state index in [1.54, 1.807) is 48.5 Å². The molecule has 127 heavy (non-hydrogen) atoms. The maximum atomic E-state index is 16.3. The highest BCUT2D eigenvalue weighted by Crippen LogP contribution is 2.45. The van der Waals surface area contributed by atoms with E-state index in [2.05, 4.69) is 4.74 Å². The average molecular weight is 1800 g/mol. The second-order valence-corrected chi connectivity index (χ2v) is 27.3. The summed E-state index contributed by atoms with van der Waals surface area (Å²) in [5, 5.41) is 1.82. The molecule has 0 bridgehead atoms. The molecule has 660 valence electrons. The summed E-state index contributed by atoms with van der Waals surface area (Å²) in [4.78, 5) is 131. The van der Waals surface area contributed by atoms with Crippen LogP contribution in [0.15, 0.2) is 176 Å². The third-order valence-electron chi connectivity index (χ3n) is 19.2. The molecule has 23 nitrogen and oxygen atoms in total. The van der Waals surface area contributed by atoms with Crippen LogP contribution in [0.25, 0.3) is 11.1 Å². The highest BCUT2D eigenvalue weighted by atomic mass is 19.2. The van der Waals surface area contributed by atoms with Crippen LogP contribution in [-0.2, 0) is 61.6 Å². The normalized spacial score (nSPS) is 19.0. The van der Waals surface area contributed by atoms with Gasteiger partial charge in [0.25, 0.3) is 0 Å². The maximum Gasteiger partial charge on any atom is 0.407 e. The minimum Gasteiger partial charge on any atom is -0.459 e. The first kappa shape index (κ1) is 90.5. The highest BCUT2D eigenvalue weighted by molar-refractivity contribution is 5.94. The lowest BCUT2D eigenvalue weighted by molar-refractivity contribution is -0.356. The monoisotopic (exact) mass is 1800 g/mol. The van der Waals surface area contributed by atoms with Crippen LogP contribution in [0, 0.1) is 111 Å². The van der Waals surface area contributed by atoms with Gasteiger partial charge < -0.3 is 66.9 Å². The lowest BCUT2D eigenvalue weighted by Gasteiger charge is -2.49. The first-order valence-electron chi connectivity index (χ1n) is 36.5. The molecule has 10 aromatic carbocycles. The van der Waals surface area contributed by atoms with Crippen molar-refractivity contribution in [1.82, 2.24) is 5.32 Å². The first-order valence-corrected chi connectivity index (χ1v) is 36.5. The van der Waals surface area contributed by atoms with Gasteiger partial charge in [0.2, 0.25) is 34.8 Å². The van der Waals surface area contributed by atoms with Crippen LogP contribution in [0.5, 0.6) is 5.75 Å². The Balaban J connectivity index is 1.01. The van der Waals surface area contributed by atoms with Crippen LogP contribution in [0.4, 0.5) is 88.2 Å². The first-order chi connectivity index (χ1) is 60.5. The van der Waals surface area contributed by atoms with Crippen LogP contribution in [0.3, 0.4) is 0 Å². The molecule has 0 radical (unpaired) electrons. The molecule has 0 aromatic heterocycles. The van der Waals surface area contributed by atoms with Crippen LogP contribution in [0.2, 0.25) is 0 Å². The summed E-state index contributed by atoms with van der Waals surface area (Å²) < 4.78 is 367. The summed E-state index contributed by atoms with van der Waals surface area (Å²) in [5.41, 5.74) is -8.24. The Morgan fingerprint density at radius 3 is 0.984 bits per heavy atom. The van der Waals surface area contributed by atoms with E-state index in [9.17, 15) is 55.9 Å². The second-order valence-electron chi connectivity index (χ2n) is 27.3. The second kappa shape index (κ2) is 38.5. The van der Waals surface area contributed by atoms with Crippen molar-refractivity contribution in [1.29, 1.82) is 0 Å². The van der Waals surface area contributed by atoms with Gasteiger partial charge in [-0.05, 0) is 150 Å². The van der Waals surface area contributed by atoms with Gasteiger partial charge in [0.05, 0.1) is 45.6 Å². The third kappa shape index (κ3) is 20.1. The van der Waals surface area contributed by atoms with Gasteiger partial charge in [-0.25, -0.2) is 118 Å². The molecule has 2 heterocycles. The Hall–Kier alpha value is -14.3. The number of benzene rings is 10. The van der Waals surface area contributed by atoms with Gasteiger partial charge in [0.15, 0.2) is 49.1 Å². The van der Waals surface area contributed by atoms with Gasteiger partial charge in [-0.2, -0.15) is 8.78 Å². The molecule has 2 aliphatic heterocycles. The van der Waals surface area contributed by atoms with Crippen molar-refractivity contribution in [2.24, 2.45) is 0 Å². The van der Waals surface area contributed by atoms with Crippen LogP contribution >= 0.6 is 0 Å². The Morgan fingerprint density at radius 1 is 0.315 bits per heavy atom. The number of amides is 1. The number of hydrogen-bond acceptors (Lipinski definition) is 22. The largest absolute Gasteiger partial charge is 0.459 e. The molecule has 2 saturated heterocycles. The van der Waals surface area contributed by atoms with E-state index in [-0.39, 0.29) is 66.7 Å². The fourth-order valence-electron chi connectivity index (χ4n) is 13.2. The summed E-state index contributed by atoms with van der Waals surface area (Å²) in [5.74, 6) is -57.7. The van der Waals surface area contributed by atoms with E-state index in [1.807, 2.05) is 5.32 Å². The molecule has 3 aliphatic rings. The van der Waals surface area contributed by atoms with Crippen molar-refractivity contribution in [2.45, 2.75) is 73.4 Å². The summed E-state index contributed by atoms with van der Waals surface area (Å²) in [6.45, 7) is -6.42. The number of alkyl carbamates (subject to hydrolysis) is 1. The molecular weight excluding hydrogens is 1750 g/mol. The van der Waals surface area contributed by atoms with Gasteiger partial charge in [-0.1, -0.05) is 48.5 Å². The zero-order chi connectivity index (χ0) is 91.3. The summed E-state index contributed by atoms with van der Waals surface area (Å²) in [7, 11) is 0. The van der Waals surface area contributed by atoms with Crippen molar-refractivity contribution in [3.8, 4) is 16.9 Å². The third-order valence-corrected chi connectivity index (χ3v) is 19.2. The molecule has 10 aromatic rings. The van der Waals surface area contributed by atoms with Gasteiger partial charge in [-0.3, -0.25) is 0 Å². The van der Waals surface area contributed by atoms with E-state index in [1.165, 1.54) is 0 Å². The smallest absolute Gasteiger partial charge is 0.407 e. The Kier molecular flexibility index (Phi) is 27.4. The van der Waals surface area contributed by atoms with Gasteiger partial charge in [-0.15, -0.1) is 0 Å².